The summed E-state index contributed by atoms with van der Waals surface area (Å²) in [4.78, 5) is 23.4. The first-order chi connectivity index (χ1) is 11.3. The molecule has 0 spiro atoms. The Morgan fingerprint density at radius 1 is 1.12 bits per heavy atom. The van der Waals surface area contributed by atoms with Gasteiger partial charge in [-0.2, -0.15) is 13.2 Å². The molecule has 0 radical (unpaired) electrons. The van der Waals surface area contributed by atoms with Crippen LogP contribution in [0.15, 0.2) is 24.3 Å². The molecule has 0 aliphatic heterocycles. The molecular weight excluding hydrogens is 325 g/mol. The first-order valence-electron chi connectivity index (χ1n) is 7.65. The van der Waals surface area contributed by atoms with Crippen LogP contribution in [0.4, 0.5) is 18.9 Å². The van der Waals surface area contributed by atoms with Crippen molar-refractivity contribution in [1.82, 2.24) is 5.32 Å². The maximum atomic E-state index is 12.4. The third kappa shape index (κ3) is 6.57. The summed E-state index contributed by atoms with van der Waals surface area (Å²) in [5.74, 6) is -1.74. The number of hydrogen-bond donors (Lipinski definition) is 3. The lowest BCUT2D eigenvalue weighted by Crippen LogP contribution is -2.38. The normalized spacial score (nSPS) is 12.5. The van der Waals surface area contributed by atoms with E-state index in [-0.39, 0.29) is 24.8 Å². The Bertz CT molecular complexity index is 538. The molecule has 0 aliphatic carbocycles. The van der Waals surface area contributed by atoms with Gasteiger partial charge in [-0.1, -0.05) is 13.3 Å². The molecule has 8 heteroatoms. The highest BCUT2D eigenvalue weighted by molar-refractivity contribution is 6.39. The summed E-state index contributed by atoms with van der Waals surface area (Å²) in [7, 11) is 0. The summed E-state index contributed by atoms with van der Waals surface area (Å²) in [6, 6.07) is 3.82. The molecule has 0 saturated carbocycles. The number of carbonyl (C=O) groups is 2. The summed E-state index contributed by atoms with van der Waals surface area (Å²) in [5.41, 5.74) is -0.736. The van der Waals surface area contributed by atoms with Crippen LogP contribution in [-0.2, 0) is 15.8 Å². The van der Waals surface area contributed by atoms with Crippen LogP contribution in [0.5, 0.6) is 0 Å². The van der Waals surface area contributed by atoms with Gasteiger partial charge < -0.3 is 15.7 Å². The van der Waals surface area contributed by atoms with Gasteiger partial charge in [-0.3, -0.25) is 9.59 Å². The molecule has 24 heavy (non-hydrogen) atoms. The van der Waals surface area contributed by atoms with Crippen molar-refractivity contribution >= 4 is 17.5 Å². The molecule has 1 aromatic carbocycles. The van der Waals surface area contributed by atoms with Gasteiger partial charge in [-0.05, 0) is 43.0 Å². The number of anilines is 1. The molecule has 0 aliphatic rings. The average Bonchev–Trinajstić information content (AvgIpc) is 2.52. The van der Waals surface area contributed by atoms with E-state index in [4.69, 9.17) is 5.11 Å². The fraction of sp³-hybridized carbons (Fsp3) is 0.500. The first kappa shape index (κ1) is 20.0. The van der Waals surface area contributed by atoms with Crippen molar-refractivity contribution in [3.8, 4) is 0 Å². The molecule has 3 N–H and O–H groups in total. The van der Waals surface area contributed by atoms with Crippen LogP contribution in [0.3, 0.4) is 0 Å². The quantitative estimate of drug-likeness (QED) is 0.664. The summed E-state index contributed by atoms with van der Waals surface area (Å²) < 4.78 is 37.3. The van der Waals surface area contributed by atoms with Crippen molar-refractivity contribution in [2.75, 3.05) is 18.5 Å². The summed E-state index contributed by atoms with van der Waals surface area (Å²) in [6.45, 7) is 2.23. The second-order valence-electron chi connectivity index (χ2n) is 5.41. The van der Waals surface area contributed by atoms with Gasteiger partial charge in [0.25, 0.3) is 0 Å². The predicted octanol–water partition coefficient (Wildman–Crippen LogP) is 2.56. The summed E-state index contributed by atoms with van der Waals surface area (Å²) in [5, 5.41) is 13.6. The number of benzene rings is 1. The van der Waals surface area contributed by atoms with Crippen molar-refractivity contribution in [2.45, 2.75) is 32.4 Å². The lowest BCUT2D eigenvalue weighted by molar-refractivity contribution is -0.137. The average molecular weight is 346 g/mol. The monoisotopic (exact) mass is 346 g/mol. The minimum Gasteiger partial charge on any atom is -0.396 e. The van der Waals surface area contributed by atoms with Gasteiger partial charge in [-0.25, -0.2) is 0 Å². The molecule has 0 bridgehead atoms. The predicted molar refractivity (Wildman–Crippen MR) is 83.2 cm³/mol. The van der Waals surface area contributed by atoms with Crippen LogP contribution in [-0.4, -0.2) is 30.1 Å². The zero-order valence-electron chi connectivity index (χ0n) is 13.3. The highest BCUT2D eigenvalue weighted by atomic mass is 19.4. The van der Waals surface area contributed by atoms with Gasteiger partial charge in [0.15, 0.2) is 0 Å². The number of rotatable bonds is 7. The third-order valence-electron chi connectivity index (χ3n) is 3.46. The zero-order chi connectivity index (χ0) is 18.2. The Morgan fingerprint density at radius 3 is 2.25 bits per heavy atom. The minimum atomic E-state index is -4.46. The first-order valence-corrected chi connectivity index (χ1v) is 7.65. The number of halogens is 3. The summed E-state index contributed by atoms with van der Waals surface area (Å²) in [6.07, 6.45) is -2.24. The number of aliphatic hydroxyl groups excluding tert-OH is 1. The van der Waals surface area contributed by atoms with Crippen LogP contribution >= 0.6 is 0 Å². The van der Waals surface area contributed by atoms with Crippen LogP contribution < -0.4 is 10.6 Å². The SMILES string of the molecule is CCCC(CCO)CNC(=O)C(=O)Nc1ccc(C(F)(F)F)cc1. The number of amides is 2. The molecule has 1 atom stereocenters. The van der Waals surface area contributed by atoms with E-state index in [1.54, 1.807) is 0 Å². The molecule has 0 saturated heterocycles. The van der Waals surface area contributed by atoms with Gasteiger partial charge in [0.2, 0.25) is 0 Å². The van der Waals surface area contributed by atoms with Crippen molar-refractivity contribution in [1.29, 1.82) is 0 Å². The van der Waals surface area contributed by atoms with Crippen molar-refractivity contribution in [3.63, 3.8) is 0 Å². The fourth-order valence-electron chi connectivity index (χ4n) is 2.19. The van der Waals surface area contributed by atoms with E-state index in [0.29, 0.717) is 6.42 Å². The lowest BCUT2D eigenvalue weighted by atomic mass is 10.0. The molecular formula is C16H21F3N2O3. The van der Waals surface area contributed by atoms with Gasteiger partial charge in [0.05, 0.1) is 5.56 Å². The molecule has 5 nitrogen and oxygen atoms in total. The van der Waals surface area contributed by atoms with Gasteiger partial charge in [-0.15, -0.1) is 0 Å². The molecule has 2 amide bonds. The second-order valence-corrected chi connectivity index (χ2v) is 5.41. The van der Waals surface area contributed by atoms with Gasteiger partial charge in [0.1, 0.15) is 0 Å². The van der Waals surface area contributed by atoms with E-state index < -0.39 is 23.6 Å². The van der Waals surface area contributed by atoms with Crippen LogP contribution in [0.1, 0.15) is 31.7 Å². The number of carbonyl (C=O) groups excluding carboxylic acids is 2. The van der Waals surface area contributed by atoms with Crippen LogP contribution in [0.25, 0.3) is 0 Å². The maximum Gasteiger partial charge on any atom is 0.416 e. The Balaban J connectivity index is 2.53. The highest BCUT2D eigenvalue weighted by Gasteiger charge is 2.30. The van der Waals surface area contributed by atoms with Crippen molar-refractivity contribution in [3.05, 3.63) is 29.8 Å². The Labute approximate surface area is 138 Å². The molecule has 1 rings (SSSR count). The third-order valence-corrected chi connectivity index (χ3v) is 3.46. The molecule has 134 valence electrons. The fourth-order valence-corrected chi connectivity index (χ4v) is 2.19. The Kier molecular flexibility index (Phi) is 7.70. The Hall–Kier alpha value is -2.09. The lowest BCUT2D eigenvalue weighted by Gasteiger charge is -2.15. The van der Waals surface area contributed by atoms with E-state index in [0.717, 1.165) is 37.1 Å². The van der Waals surface area contributed by atoms with Crippen molar-refractivity contribution < 1.29 is 27.9 Å². The van der Waals surface area contributed by atoms with E-state index in [1.165, 1.54) is 0 Å². The van der Waals surface area contributed by atoms with E-state index >= 15 is 0 Å². The molecule has 1 unspecified atom stereocenters. The highest BCUT2D eigenvalue weighted by Crippen LogP contribution is 2.29. The maximum absolute atomic E-state index is 12.4. The van der Waals surface area contributed by atoms with E-state index in [2.05, 4.69) is 10.6 Å². The molecule has 0 fully saturated rings. The van der Waals surface area contributed by atoms with Crippen molar-refractivity contribution in [2.24, 2.45) is 5.92 Å². The topological polar surface area (TPSA) is 78.4 Å². The second kappa shape index (κ2) is 9.27. The smallest absolute Gasteiger partial charge is 0.396 e. The number of hydrogen-bond acceptors (Lipinski definition) is 3. The van der Waals surface area contributed by atoms with Crippen LogP contribution in [0, 0.1) is 5.92 Å². The zero-order valence-corrected chi connectivity index (χ0v) is 13.3. The number of alkyl halides is 3. The van der Waals surface area contributed by atoms with Gasteiger partial charge in [0, 0.05) is 18.8 Å². The van der Waals surface area contributed by atoms with E-state index in [9.17, 15) is 22.8 Å². The molecule has 0 aromatic heterocycles. The molecule has 0 heterocycles. The largest absolute Gasteiger partial charge is 0.416 e. The standard InChI is InChI=1S/C16H21F3N2O3/c1-2-3-11(8-9-22)10-20-14(23)15(24)21-13-6-4-12(5-7-13)16(17,18)19/h4-7,11,22H,2-3,8-10H2,1H3,(H,20,23)(H,21,24). The molecule has 1 aromatic rings. The number of aliphatic hydroxyl groups is 1. The minimum absolute atomic E-state index is 0.00170. The summed E-state index contributed by atoms with van der Waals surface area (Å²) >= 11 is 0. The van der Waals surface area contributed by atoms with Crippen LogP contribution in [0.2, 0.25) is 0 Å². The number of nitrogens with one attached hydrogen (secondary N) is 2. The Morgan fingerprint density at radius 2 is 1.75 bits per heavy atom. The van der Waals surface area contributed by atoms with E-state index in [1.807, 2.05) is 6.92 Å². The van der Waals surface area contributed by atoms with Gasteiger partial charge >= 0.3 is 18.0 Å².